The monoisotopic (exact) mass is 513 g/mol. The zero-order chi connectivity index (χ0) is 25.0. The van der Waals surface area contributed by atoms with Crippen molar-refractivity contribution in [2.24, 2.45) is 0 Å². The lowest BCUT2D eigenvalue weighted by molar-refractivity contribution is -0.129. The largest absolute Gasteiger partial charge is 0.495 e. The number of anilines is 2. The first kappa shape index (κ1) is 24.9. The Morgan fingerprint density at radius 3 is 2.31 bits per heavy atom. The molecule has 1 heterocycles. The summed E-state index contributed by atoms with van der Waals surface area (Å²) in [6.45, 7) is 3.77. The van der Waals surface area contributed by atoms with Crippen LogP contribution in [0.25, 0.3) is 0 Å². The number of sulfonamides is 1. The van der Waals surface area contributed by atoms with E-state index in [-0.39, 0.29) is 17.3 Å². The van der Waals surface area contributed by atoms with Crippen LogP contribution in [0, 0.1) is 6.92 Å². The van der Waals surface area contributed by atoms with E-state index in [1.807, 2.05) is 31.2 Å². The SMILES string of the molecule is COc1ccccc1N1CCN(C(=O)CN(c2cccc(Cl)c2)S(=O)(=O)c2ccc(C)cc2)CC1. The van der Waals surface area contributed by atoms with Crippen LogP contribution in [0.1, 0.15) is 5.56 Å². The van der Waals surface area contributed by atoms with Gasteiger partial charge < -0.3 is 14.5 Å². The van der Waals surface area contributed by atoms with E-state index >= 15 is 0 Å². The maximum absolute atomic E-state index is 13.6. The van der Waals surface area contributed by atoms with Crippen molar-refractivity contribution in [3.05, 3.63) is 83.4 Å². The van der Waals surface area contributed by atoms with Crippen LogP contribution < -0.4 is 13.9 Å². The Hall–Kier alpha value is -3.23. The van der Waals surface area contributed by atoms with Crippen molar-refractivity contribution in [2.75, 3.05) is 49.0 Å². The molecule has 1 saturated heterocycles. The predicted octanol–water partition coefficient (Wildman–Crippen LogP) is 4.20. The smallest absolute Gasteiger partial charge is 0.264 e. The Morgan fingerprint density at radius 2 is 1.66 bits per heavy atom. The van der Waals surface area contributed by atoms with Crippen molar-refractivity contribution in [2.45, 2.75) is 11.8 Å². The number of nitrogens with zero attached hydrogens (tertiary/aromatic N) is 3. The number of halogens is 1. The van der Waals surface area contributed by atoms with Gasteiger partial charge in [-0.15, -0.1) is 0 Å². The first-order valence-corrected chi connectivity index (χ1v) is 13.1. The minimum atomic E-state index is -3.98. The molecule has 1 amide bonds. The van der Waals surface area contributed by atoms with Gasteiger partial charge in [-0.25, -0.2) is 8.42 Å². The molecule has 7 nitrogen and oxygen atoms in total. The molecule has 0 spiro atoms. The molecular formula is C26H28ClN3O4S. The van der Waals surface area contributed by atoms with E-state index in [4.69, 9.17) is 16.3 Å². The summed E-state index contributed by atoms with van der Waals surface area (Å²) in [5, 5.41) is 0.393. The normalized spacial score (nSPS) is 14.0. The standard InChI is InChI=1S/C26H28ClN3O4S/c1-20-10-12-23(13-11-20)35(32,33)30(22-7-5-6-21(27)18-22)19-26(31)29-16-14-28(15-17-29)24-8-3-4-9-25(24)34-2/h3-13,18H,14-17,19H2,1-2H3. The van der Waals surface area contributed by atoms with Crippen molar-refractivity contribution in [3.8, 4) is 5.75 Å². The van der Waals surface area contributed by atoms with Crippen LogP contribution in [0.5, 0.6) is 5.75 Å². The van der Waals surface area contributed by atoms with Crippen molar-refractivity contribution in [1.82, 2.24) is 4.90 Å². The molecule has 1 aliphatic rings. The van der Waals surface area contributed by atoms with Crippen molar-refractivity contribution < 1.29 is 17.9 Å². The molecule has 1 aliphatic heterocycles. The van der Waals surface area contributed by atoms with Gasteiger partial charge in [0.05, 0.1) is 23.4 Å². The maximum atomic E-state index is 13.6. The molecule has 3 aromatic rings. The lowest BCUT2D eigenvalue weighted by Gasteiger charge is -2.37. The second kappa shape index (κ2) is 10.6. The summed E-state index contributed by atoms with van der Waals surface area (Å²) in [5.74, 6) is 0.518. The lowest BCUT2D eigenvalue weighted by atomic mass is 10.2. The van der Waals surface area contributed by atoms with Gasteiger partial charge in [0.25, 0.3) is 10.0 Å². The third-order valence-corrected chi connectivity index (χ3v) is 8.07. The van der Waals surface area contributed by atoms with E-state index in [0.717, 1.165) is 21.3 Å². The molecule has 0 saturated carbocycles. The number of aryl methyl sites for hydroxylation is 1. The molecule has 35 heavy (non-hydrogen) atoms. The van der Waals surface area contributed by atoms with E-state index in [2.05, 4.69) is 4.90 Å². The first-order valence-electron chi connectivity index (χ1n) is 11.3. The number of hydrogen-bond acceptors (Lipinski definition) is 5. The summed E-state index contributed by atoms with van der Waals surface area (Å²) in [6, 6.07) is 20.9. The number of piperazine rings is 1. The summed E-state index contributed by atoms with van der Waals surface area (Å²) < 4.78 is 33.7. The molecule has 0 N–H and O–H groups in total. The third-order valence-electron chi connectivity index (χ3n) is 6.04. The van der Waals surface area contributed by atoms with E-state index in [1.54, 1.807) is 60.5 Å². The third kappa shape index (κ3) is 5.55. The van der Waals surface area contributed by atoms with Gasteiger partial charge in [0.2, 0.25) is 5.91 Å². The fourth-order valence-corrected chi connectivity index (χ4v) is 5.68. The second-order valence-corrected chi connectivity index (χ2v) is 10.6. The molecule has 9 heteroatoms. The quantitative estimate of drug-likeness (QED) is 0.473. The van der Waals surface area contributed by atoms with Gasteiger partial charge in [-0.2, -0.15) is 0 Å². The van der Waals surface area contributed by atoms with Crippen LogP contribution in [-0.2, 0) is 14.8 Å². The molecule has 1 fully saturated rings. The predicted molar refractivity (Wildman–Crippen MR) is 139 cm³/mol. The highest BCUT2D eigenvalue weighted by Crippen LogP contribution is 2.29. The minimum Gasteiger partial charge on any atom is -0.495 e. The Balaban J connectivity index is 1.54. The molecule has 4 rings (SSSR count). The van der Waals surface area contributed by atoms with Gasteiger partial charge in [0.15, 0.2) is 0 Å². The summed E-state index contributed by atoms with van der Waals surface area (Å²) in [5.41, 5.74) is 2.27. The Bertz CT molecular complexity index is 1290. The van der Waals surface area contributed by atoms with E-state index in [1.165, 1.54) is 0 Å². The average molecular weight is 514 g/mol. The zero-order valence-corrected chi connectivity index (χ0v) is 21.3. The number of carbonyl (C=O) groups excluding carboxylic acids is 1. The van der Waals surface area contributed by atoms with Crippen LogP contribution in [0.2, 0.25) is 5.02 Å². The highest BCUT2D eigenvalue weighted by Gasteiger charge is 2.30. The molecule has 0 atom stereocenters. The fraction of sp³-hybridized carbons (Fsp3) is 0.269. The zero-order valence-electron chi connectivity index (χ0n) is 19.7. The first-order chi connectivity index (χ1) is 16.8. The summed E-state index contributed by atoms with van der Waals surface area (Å²) in [7, 11) is -2.35. The molecule has 0 aromatic heterocycles. The molecular weight excluding hydrogens is 486 g/mol. The number of benzene rings is 3. The van der Waals surface area contributed by atoms with Crippen molar-refractivity contribution >= 4 is 38.9 Å². The van der Waals surface area contributed by atoms with E-state index < -0.39 is 10.0 Å². The molecule has 0 radical (unpaired) electrons. The molecule has 0 bridgehead atoms. The summed E-state index contributed by atoms with van der Waals surface area (Å²) >= 11 is 6.16. The number of carbonyl (C=O) groups is 1. The Morgan fingerprint density at radius 1 is 0.971 bits per heavy atom. The average Bonchev–Trinajstić information content (AvgIpc) is 2.87. The second-order valence-electron chi connectivity index (χ2n) is 8.34. The Labute approximate surface area is 211 Å². The number of methoxy groups -OCH3 is 1. The molecule has 0 aliphatic carbocycles. The highest BCUT2D eigenvalue weighted by molar-refractivity contribution is 7.92. The minimum absolute atomic E-state index is 0.122. The van der Waals surface area contributed by atoms with Gasteiger partial charge in [-0.1, -0.05) is 47.5 Å². The van der Waals surface area contributed by atoms with Gasteiger partial charge in [-0.3, -0.25) is 9.10 Å². The lowest BCUT2D eigenvalue weighted by Crippen LogP contribution is -2.52. The highest BCUT2D eigenvalue weighted by atomic mass is 35.5. The number of amides is 1. The number of rotatable bonds is 7. The van der Waals surface area contributed by atoms with Crippen LogP contribution in [0.4, 0.5) is 11.4 Å². The van der Waals surface area contributed by atoms with Gasteiger partial charge >= 0.3 is 0 Å². The van der Waals surface area contributed by atoms with Gasteiger partial charge in [-0.05, 0) is 49.4 Å². The van der Waals surface area contributed by atoms with Gasteiger partial charge in [0.1, 0.15) is 12.3 Å². The van der Waals surface area contributed by atoms with Gasteiger partial charge in [0, 0.05) is 31.2 Å². The van der Waals surface area contributed by atoms with Crippen LogP contribution in [0.15, 0.2) is 77.7 Å². The maximum Gasteiger partial charge on any atom is 0.264 e. The Kier molecular flexibility index (Phi) is 7.52. The van der Waals surface area contributed by atoms with E-state index in [0.29, 0.717) is 36.9 Å². The summed E-state index contributed by atoms with van der Waals surface area (Å²) in [4.78, 5) is 17.3. The summed E-state index contributed by atoms with van der Waals surface area (Å²) in [6.07, 6.45) is 0. The molecule has 3 aromatic carbocycles. The van der Waals surface area contributed by atoms with Crippen LogP contribution >= 0.6 is 11.6 Å². The van der Waals surface area contributed by atoms with E-state index in [9.17, 15) is 13.2 Å². The van der Waals surface area contributed by atoms with Crippen molar-refractivity contribution in [3.63, 3.8) is 0 Å². The van der Waals surface area contributed by atoms with Crippen LogP contribution in [-0.4, -0.2) is 59.1 Å². The van der Waals surface area contributed by atoms with Crippen molar-refractivity contribution in [1.29, 1.82) is 0 Å². The van der Waals surface area contributed by atoms with Crippen LogP contribution in [0.3, 0.4) is 0 Å². The topological polar surface area (TPSA) is 70.2 Å². The number of para-hydroxylation sites is 2. The fourth-order valence-electron chi connectivity index (χ4n) is 4.09. The number of hydrogen-bond donors (Lipinski definition) is 0. The number of ether oxygens (including phenoxy) is 1. The molecule has 184 valence electrons. The molecule has 0 unspecified atom stereocenters.